The summed E-state index contributed by atoms with van der Waals surface area (Å²) < 4.78 is 38.5. The van der Waals surface area contributed by atoms with Crippen molar-refractivity contribution in [3.8, 4) is 5.75 Å². The molecule has 0 spiro atoms. The van der Waals surface area contributed by atoms with Gasteiger partial charge in [-0.15, -0.1) is 0 Å². The van der Waals surface area contributed by atoms with Gasteiger partial charge in [0.1, 0.15) is 5.75 Å². The van der Waals surface area contributed by atoms with Gasteiger partial charge in [0, 0.05) is 23.7 Å². The van der Waals surface area contributed by atoms with Crippen LogP contribution < -0.4 is 9.46 Å². The molecule has 0 atom stereocenters. The Balaban J connectivity index is 1.74. The summed E-state index contributed by atoms with van der Waals surface area (Å²) in [5.74, 6) is -0.433. The first kappa shape index (κ1) is 23.9. The molecule has 2 aromatic rings. The number of nitrogens with zero attached hydrogens (tertiary/aromatic N) is 1. The van der Waals surface area contributed by atoms with E-state index in [1.165, 1.54) is 31.4 Å². The van der Waals surface area contributed by atoms with Crippen LogP contribution in [0, 0.1) is 5.92 Å². The van der Waals surface area contributed by atoms with Crippen molar-refractivity contribution in [1.29, 1.82) is 0 Å². The van der Waals surface area contributed by atoms with Crippen LogP contribution in [0.4, 0.5) is 5.69 Å². The van der Waals surface area contributed by atoms with Crippen molar-refractivity contribution in [2.75, 3.05) is 31.5 Å². The minimum absolute atomic E-state index is 0.0632. The topological polar surface area (TPSA) is 102 Å². The fourth-order valence-electron chi connectivity index (χ4n) is 3.52. The number of amides is 1. The van der Waals surface area contributed by atoms with Crippen molar-refractivity contribution < 1.29 is 27.5 Å². The summed E-state index contributed by atoms with van der Waals surface area (Å²) in [5, 5.41) is 0.346. The van der Waals surface area contributed by atoms with Gasteiger partial charge in [-0.25, -0.2) is 8.42 Å². The fourth-order valence-corrected chi connectivity index (χ4v) is 4.80. The lowest BCUT2D eigenvalue weighted by Gasteiger charge is -2.31. The minimum Gasteiger partial charge on any atom is -0.495 e. The number of ether oxygens (including phenoxy) is 2. The number of carbonyl (C=O) groups is 2. The zero-order chi connectivity index (χ0) is 23.3. The molecule has 1 heterocycles. The molecule has 1 aliphatic heterocycles. The molecule has 0 aliphatic carbocycles. The zero-order valence-electron chi connectivity index (χ0n) is 17.8. The Morgan fingerprint density at radius 1 is 1.16 bits per heavy atom. The Hall–Kier alpha value is -2.78. The number of nitrogens with one attached hydrogen (secondary N) is 1. The minimum atomic E-state index is -4.00. The standard InChI is InChI=1S/C22H25ClN2O6S/c1-3-31-22(27)15-9-11-25(12-10-15)21(26)16-5-4-6-18(13-16)32(28,29)24-19-14-17(23)7-8-20(19)30-2/h4-8,13-15,24H,3,9-12H2,1-2H3. The molecular formula is C22H25ClN2O6S. The normalized spacial score (nSPS) is 14.7. The lowest BCUT2D eigenvalue weighted by Crippen LogP contribution is -2.40. The third-order valence-electron chi connectivity index (χ3n) is 5.20. The lowest BCUT2D eigenvalue weighted by molar-refractivity contribution is -0.149. The van der Waals surface area contributed by atoms with Crippen LogP contribution >= 0.6 is 11.6 Å². The smallest absolute Gasteiger partial charge is 0.309 e. The zero-order valence-corrected chi connectivity index (χ0v) is 19.4. The molecule has 1 amide bonds. The van der Waals surface area contributed by atoms with Crippen LogP contribution in [0.5, 0.6) is 5.75 Å². The van der Waals surface area contributed by atoms with Crippen LogP contribution in [-0.4, -0.2) is 52.0 Å². The van der Waals surface area contributed by atoms with Gasteiger partial charge >= 0.3 is 5.97 Å². The molecule has 10 heteroatoms. The molecule has 1 aliphatic rings. The summed E-state index contributed by atoms with van der Waals surface area (Å²) in [5.41, 5.74) is 0.443. The lowest BCUT2D eigenvalue weighted by atomic mass is 9.96. The Labute approximate surface area is 192 Å². The molecule has 2 aromatic carbocycles. The van der Waals surface area contributed by atoms with E-state index in [1.807, 2.05) is 0 Å². The number of hydrogen-bond acceptors (Lipinski definition) is 6. The highest BCUT2D eigenvalue weighted by Crippen LogP contribution is 2.30. The molecule has 172 valence electrons. The number of rotatable bonds is 7. The van der Waals surface area contributed by atoms with E-state index in [-0.39, 0.29) is 33.9 Å². The highest BCUT2D eigenvalue weighted by Gasteiger charge is 2.29. The number of methoxy groups -OCH3 is 1. The predicted molar refractivity (Wildman–Crippen MR) is 121 cm³/mol. The summed E-state index contributed by atoms with van der Waals surface area (Å²) in [6.07, 6.45) is 1.03. The molecule has 0 unspecified atom stereocenters. The van der Waals surface area contributed by atoms with Crippen LogP contribution in [0.3, 0.4) is 0 Å². The molecule has 0 aromatic heterocycles. The number of benzene rings is 2. The van der Waals surface area contributed by atoms with Gasteiger partial charge in [-0.1, -0.05) is 17.7 Å². The molecular weight excluding hydrogens is 456 g/mol. The Morgan fingerprint density at radius 3 is 2.53 bits per heavy atom. The first-order valence-corrected chi connectivity index (χ1v) is 12.0. The maximum atomic E-state index is 12.9. The summed E-state index contributed by atoms with van der Waals surface area (Å²) in [7, 11) is -2.57. The van der Waals surface area contributed by atoms with E-state index in [4.69, 9.17) is 21.1 Å². The van der Waals surface area contributed by atoms with Gasteiger partial charge in [-0.2, -0.15) is 0 Å². The largest absolute Gasteiger partial charge is 0.495 e. The van der Waals surface area contributed by atoms with Crippen LogP contribution in [0.15, 0.2) is 47.4 Å². The molecule has 0 radical (unpaired) electrons. The number of piperidine rings is 1. The summed E-state index contributed by atoms with van der Waals surface area (Å²) in [6, 6.07) is 10.4. The average molecular weight is 481 g/mol. The average Bonchev–Trinajstić information content (AvgIpc) is 2.79. The second-order valence-corrected chi connectivity index (χ2v) is 9.42. The van der Waals surface area contributed by atoms with Crippen molar-refractivity contribution >= 4 is 39.2 Å². The van der Waals surface area contributed by atoms with Gasteiger partial charge in [-0.05, 0) is 56.2 Å². The Kier molecular flexibility index (Phi) is 7.63. The molecule has 0 bridgehead atoms. The van der Waals surface area contributed by atoms with Gasteiger partial charge in [0.2, 0.25) is 0 Å². The highest BCUT2D eigenvalue weighted by atomic mass is 35.5. The first-order chi connectivity index (χ1) is 15.2. The van der Waals surface area contributed by atoms with Crippen molar-refractivity contribution in [1.82, 2.24) is 4.90 Å². The molecule has 0 saturated carbocycles. The fraction of sp³-hybridized carbons (Fsp3) is 0.364. The van der Waals surface area contributed by atoms with Crippen LogP contribution in [0.2, 0.25) is 5.02 Å². The third-order valence-corrected chi connectivity index (χ3v) is 6.80. The van der Waals surface area contributed by atoms with E-state index < -0.39 is 10.0 Å². The van der Waals surface area contributed by atoms with Gasteiger partial charge in [0.15, 0.2) is 0 Å². The van der Waals surface area contributed by atoms with Crippen molar-refractivity contribution in [3.63, 3.8) is 0 Å². The van der Waals surface area contributed by atoms with E-state index in [2.05, 4.69) is 4.72 Å². The second-order valence-electron chi connectivity index (χ2n) is 7.30. The SMILES string of the molecule is CCOC(=O)C1CCN(C(=O)c2cccc(S(=O)(=O)Nc3cc(Cl)ccc3OC)c2)CC1. The molecule has 1 N–H and O–H groups in total. The number of carbonyl (C=O) groups excluding carboxylic acids is 2. The maximum absolute atomic E-state index is 12.9. The molecule has 8 nitrogen and oxygen atoms in total. The summed E-state index contributed by atoms with van der Waals surface area (Å²) in [6.45, 7) is 2.89. The van der Waals surface area contributed by atoms with Crippen molar-refractivity contribution in [3.05, 3.63) is 53.1 Å². The Bertz CT molecular complexity index is 1100. The van der Waals surface area contributed by atoms with Gasteiger partial charge in [0.25, 0.3) is 15.9 Å². The quantitative estimate of drug-likeness (QED) is 0.608. The van der Waals surface area contributed by atoms with E-state index in [0.717, 1.165) is 0 Å². The number of esters is 1. The molecule has 32 heavy (non-hydrogen) atoms. The number of hydrogen-bond donors (Lipinski definition) is 1. The molecule has 1 fully saturated rings. The van der Waals surface area contributed by atoms with Crippen LogP contribution in [0.1, 0.15) is 30.1 Å². The first-order valence-electron chi connectivity index (χ1n) is 10.2. The van der Waals surface area contributed by atoms with E-state index in [9.17, 15) is 18.0 Å². The van der Waals surface area contributed by atoms with Crippen LogP contribution in [-0.2, 0) is 19.6 Å². The van der Waals surface area contributed by atoms with Gasteiger partial charge in [-0.3, -0.25) is 14.3 Å². The van der Waals surface area contributed by atoms with Gasteiger partial charge < -0.3 is 14.4 Å². The van der Waals surface area contributed by atoms with Gasteiger partial charge in [0.05, 0.1) is 30.2 Å². The molecule has 3 rings (SSSR count). The van der Waals surface area contributed by atoms with E-state index in [1.54, 1.807) is 30.0 Å². The Morgan fingerprint density at radius 2 is 1.88 bits per heavy atom. The van der Waals surface area contributed by atoms with Crippen molar-refractivity contribution in [2.45, 2.75) is 24.7 Å². The maximum Gasteiger partial charge on any atom is 0.309 e. The summed E-state index contributed by atoms with van der Waals surface area (Å²) in [4.78, 5) is 26.4. The number of halogens is 1. The number of likely N-dealkylation sites (tertiary alicyclic amines) is 1. The second kappa shape index (κ2) is 10.2. The third kappa shape index (κ3) is 5.52. The van der Waals surface area contributed by atoms with Crippen molar-refractivity contribution in [2.24, 2.45) is 5.92 Å². The van der Waals surface area contributed by atoms with E-state index >= 15 is 0 Å². The summed E-state index contributed by atoms with van der Waals surface area (Å²) >= 11 is 5.98. The molecule has 1 saturated heterocycles. The predicted octanol–water partition coefficient (Wildman–Crippen LogP) is 3.56. The number of sulfonamides is 1. The number of anilines is 1. The van der Waals surface area contributed by atoms with Crippen LogP contribution in [0.25, 0.3) is 0 Å². The monoisotopic (exact) mass is 480 g/mol. The van der Waals surface area contributed by atoms with E-state index in [0.29, 0.717) is 43.3 Å². The highest BCUT2D eigenvalue weighted by molar-refractivity contribution is 7.92.